The summed E-state index contributed by atoms with van der Waals surface area (Å²) in [6.07, 6.45) is 2.18. The first-order valence-electron chi connectivity index (χ1n) is 7.33. The Labute approximate surface area is 136 Å². The Morgan fingerprint density at radius 3 is 2.54 bits per heavy atom. The molecule has 0 saturated carbocycles. The zero-order valence-corrected chi connectivity index (χ0v) is 12.5. The number of fused-ring (bicyclic) bond motifs is 1. The summed E-state index contributed by atoms with van der Waals surface area (Å²) >= 11 is 0. The largest absolute Gasteiger partial charge is 0.421 e. The fourth-order valence-electron chi connectivity index (χ4n) is 2.52. The van der Waals surface area contributed by atoms with Crippen LogP contribution in [0.2, 0.25) is 0 Å². The lowest BCUT2D eigenvalue weighted by molar-refractivity contribution is -0.384. The van der Waals surface area contributed by atoms with Crippen LogP contribution in [-0.2, 0) is 6.42 Å². The van der Waals surface area contributed by atoms with E-state index in [1.807, 2.05) is 30.3 Å². The van der Waals surface area contributed by atoms with Crippen LogP contribution in [0.5, 0.6) is 0 Å². The summed E-state index contributed by atoms with van der Waals surface area (Å²) in [6.45, 7) is 0. The molecular formula is C17H12N4O3. The highest BCUT2D eigenvalue weighted by atomic mass is 16.6. The van der Waals surface area contributed by atoms with E-state index in [9.17, 15) is 10.1 Å². The Hall–Kier alpha value is -3.48. The molecule has 7 nitrogen and oxygen atoms in total. The number of nitro groups is 1. The van der Waals surface area contributed by atoms with Crippen LogP contribution in [0.4, 0.5) is 5.69 Å². The zero-order valence-electron chi connectivity index (χ0n) is 12.5. The molecule has 2 heterocycles. The maximum Gasteiger partial charge on any atom is 0.269 e. The van der Waals surface area contributed by atoms with E-state index in [-0.39, 0.29) is 5.69 Å². The normalized spacial score (nSPS) is 11.0. The second-order valence-electron chi connectivity index (χ2n) is 5.29. The van der Waals surface area contributed by atoms with Gasteiger partial charge in [-0.2, -0.15) is 4.52 Å². The summed E-state index contributed by atoms with van der Waals surface area (Å²) in [6, 6.07) is 16.1. The number of non-ortho nitro benzene ring substituents is 1. The third-order valence-corrected chi connectivity index (χ3v) is 3.68. The van der Waals surface area contributed by atoms with E-state index in [1.54, 1.807) is 22.8 Å². The van der Waals surface area contributed by atoms with Crippen molar-refractivity contribution in [2.24, 2.45) is 0 Å². The van der Waals surface area contributed by atoms with Gasteiger partial charge in [0.2, 0.25) is 11.6 Å². The van der Waals surface area contributed by atoms with Gasteiger partial charge < -0.3 is 4.42 Å². The predicted octanol–water partition coefficient (Wildman–Crippen LogP) is 3.49. The highest BCUT2D eigenvalue weighted by Crippen LogP contribution is 2.23. The summed E-state index contributed by atoms with van der Waals surface area (Å²) in [7, 11) is 0. The molecule has 0 unspecified atom stereocenters. The first-order chi connectivity index (χ1) is 11.7. The van der Waals surface area contributed by atoms with Crippen LogP contribution in [0.3, 0.4) is 0 Å². The van der Waals surface area contributed by atoms with Crippen molar-refractivity contribution in [3.05, 3.63) is 82.4 Å². The molecular weight excluding hydrogens is 308 g/mol. The molecule has 0 N–H and O–H groups in total. The van der Waals surface area contributed by atoms with Crippen molar-refractivity contribution >= 4 is 11.4 Å². The monoisotopic (exact) mass is 320 g/mol. The Balaban J connectivity index is 1.68. The van der Waals surface area contributed by atoms with Gasteiger partial charge >= 0.3 is 0 Å². The van der Waals surface area contributed by atoms with Gasteiger partial charge in [-0.3, -0.25) is 10.1 Å². The summed E-state index contributed by atoms with van der Waals surface area (Å²) in [5.74, 6) is 1.17. The van der Waals surface area contributed by atoms with Crippen LogP contribution in [0.25, 0.3) is 17.1 Å². The molecule has 4 rings (SSSR count). The van der Waals surface area contributed by atoms with Crippen molar-refractivity contribution in [2.75, 3.05) is 0 Å². The average molecular weight is 320 g/mol. The number of hydrogen-bond acceptors (Lipinski definition) is 5. The van der Waals surface area contributed by atoms with Gasteiger partial charge in [-0.25, -0.2) is 4.98 Å². The van der Waals surface area contributed by atoms with Crippen LogP contribution >= 0.6 is 0 Å². The minimum atomic E-state index is -0.432. The SMILES string of the molecule is O=[N+]([O-])c1ccc(-c2ncc3oc(Cc4ccccc4)nn23)cc1. The van der Waals surface area contributed by atoms with Crippen LogP contribution in [0.15, 0.2) is 65.2 Å². The maximum atomic E-state index is 10.7. The Kier molecular flexibility index (Phi) is 3.31. The van der Waals surface area contributed by atoms with Crippen molar-refractivity contribution in [1.82, 2.24) is 14.6 Å². The van der Waals surface area contributed by atoms with Gasteiger partial charge in [-0.15, -0.1) is 5.10 Å². The molecule has 0 atom stereocenters. The molecule has 24 heavy (non-hydrogen) atoms. The number of benzene rings is 2. The summed E-state index contributed by atoms with van der Waals surface area (Å²) in [5, 5.41) is 15.2. The van der Waals surface area contributed by atoms with E-state index in [2.05, 4.69) is 10.1 Å². The lowest BCUT2D eigenvalue weighted by Crippen LogP contribution is -1.94. The van der Waals surface area contributed by atoms with Gasteiger partial charge in [0.15, 0.2) is 5.82 Å². The molecule has 2 aromatic carbocycles. The molecule has 118 valence electrons. The number of nitrogens with zero attached hydrogens (tertiary/aromatic N) is 4. The Morgan fingerprint density at radius 1 is 1.08 bits per heavy atom. The molecule has 0 spiro atoms. The standard InChI is InChI=1S/C17H12N4O3/c22-21(23)14-8-6-13(7-9-14)17-18-11-16-20(17)19-15(24-16)10-12-4-2-1-3-5-12/h1-9,11H,10H2. The number of nitro benzene ring substituents is 1. The molecule has 0 amide bonds. The fourth-order valence-corrected chi connectivity index (χ4v) is 2.52. The topological polar surface area (TPSA) is 86.5 Å². The zero-order chi connectivity index (χ0) is 16.5. The Bertz CT molecular complexity index is 1000. The molecule has 0 saturated heterocycles. The molecule has 0 aliphatic rings. The second-order valence-corrected chi connectivity index (χ2v) is 5.29. The number of aromatic nitrogens is 3. The fraction of sp³-hybridized carbons (Fsp3) is 0.0588. The van der Waals surface area contributed by atoms with Gasteiger partial charge in [0.25, 0.3) is 5.69 Å². The van der Waals surface area contributed by atoms with E-state index < -0.39 is 4.92 Å². The second kappa shape index (κ2) is 5.62. The molecule has 7 heteroatoms. The Morgan fingerprint density at radius 2 is 1.83 bits per heavy atom. The third-order valence-electron chi connectivity index (χ3n) is 3.68. The molecule has 0 bridgehead atoms. The average Bonchev–Trinajstić information content (AvgIpc) is 3.16. The van der Waals surface area contributed by atoms with Gasteiger partial charge in [0.05, 0.1) is 17.5 Å². The third kappa shape index (κ3) is 2.52. The van der Waals surface area contributed by atoms with Gasteiger partial charge in [-0.05, 0) is 17.7 Å². The minimum absolute atomic E-state index is 0.0384. The molecule has 0 aliphatic carbocycles. The van der Waals surface area contributed by atoms with E-state index in [0.717, 1.165) is 11.1 Å². The van der Waals surface area contributed by atoms with Crippen LogP contribution in [-0.4, -0.2) is 19.5 Å². The smallest absolute Gasteiger partial charge is 0.269 e. The van der Waals surface area contributed by atoms with Crippen molar-refractivity contribution < 1.29 is 9.34 Å². The van der Waals surface area contributed by atoms with Gasteiger partial charge in [0.1, 0.15) is 0 Å². The van der Waals surface area contributed by atoms with Gasteiger partial charge in [-0.1, -0.05) is 30.3 Å². The minimum Gasteiger partial charge on any atom is -0.421 e. The van der Waals surface area contributed by atoms with Crippen molar-refractivity contribution in [1.29, 1.82) is 0 Å². The van der Waals surface area contributed by atoms with E-state index in [0.29, 0.717) is 23.8 Å². The van der Waals surface area contributed by atoms with E-state index in [4.69, 9.17) is 4.42 Å². The highest BCUT2D eigenvalue weighted by molar-refractivity contribution is 5.60. The van der Waals surface area contributed by atoms with E-state index in [1.165, 1.54) is 12.1 Å². The first-order valence-corrected chi connectivity index (χ1v) is 7.33. The summed E-state index contributed by atoms with van der Waals surface area (Å²) in [4.78, 5) is 14.6. The number of imidazole rings is 1. The van der Waals surface area contributed by atoms with Crippen molar-refractivity contribution in [2.45, 2.75) is 6.42 Å². The first kappa shape index (κ1) is 14.1. The quantitative estimate of drug-likeness (QED) is 0.424. The highest BCUT2D eigenvalue weighted by Gasteiger charge is 2.14. The number of rotatable bonds is 4. The van der Waals surface area contributed by atoms with Gasteiger partial charge in [0, 0.05) is 17.7 Å². The summed E-state index contributed by atoms with van der Waals surface area (Å²) < 4.78 is 7.33. The van der Waals surface area contributed by atoms with Crippen LogP contribution < -0.4 is 0 Å². The predicted molar refractivity (Wildman–Crippen MR) is 86.6 cm³/mol. The molecule has 0 aliphatic heterocycles. The van der Waals surface area contributed by atoms with Crippen LogP contribution in [0.1, 0.15) is 11.5 Å². The lowest BCUT2D eigenvalue weighted by atomic mass is 10.2. The van der Waals surface area contributed by atoms with E-state index >= 15 is 0 Å². The molecule has 0 fully saturated rings. The van der Waals surface area contributed by atoms with Crippen LogP contribution in [0, 0.1) is 10.1 Å². The maximum absolute atomic E-state index is 10.7. The summed E-state index contributed by atoms with van der Waals surface area (Å²) in [5.41, 5.74) is 2.41. The van der Waals surface area contributed by atoms with Crippen molar-refractivity contribution in [3.63, 3.8) is 0 Å². The number of hydrogen-bond donors (Lipinski definition) is 0. The molecule has 2 aromatic heterocycles. The molecule has 0 radical (unpaired) electrons. The van der Waals surface area contributed by atoms with Crippen molar-refractivity contribution in [3.8, 4) is 11.4 Å². The molecule has 4 aromatic rings. The lowest BCUT2D eigenvalue weighted by Gasteiger charge is -1.97.